The van der Waals surface area contributed by atoms with Crippen molar-refractivity contribution < 1.29 is 0 Å². The molecule has 0 radical (unpaired) electrons. The van der Waals surface area contributed by atoms with Crippen molar-refractivity contribution in [1.82, 2.24) is 9.88 Å². The van der Waals surface area contributed by atoms with Crippen molar-refractivity contribution in [1.29, 1.82) is 5.26 Å². The van der Waals surface area contributed by atoms with Crippen LogP contribution in [0.25, 0.3) is 0 Å². The lowest BCUT2D eigenvalue weighted by molar-refractivity contribution is 0.234. The van der Waals surface area contributed by atoms with E-state index in [1.54, 1.807) is 0 Å². The van der Waals surface area contributed by atoms with Crippen LogP contribution in [-0.4, -0.2) is 22.0 Å². The number of hydrogen-bond donors (Lipinski definition) is 0. The minimum atomic E-state index is 0.0421. The standard InChI is InChI=1S/C19H18ClN3/c20-18-9-6-14(11-22-18)19-15(10-21)16-7-8-17(19)23(16)12-13-4-2-1-3-5-13/h1-6,9,11,15-17,19H,7-8,12H2/t15-,16+,17-,19-/m0/s1. The molecule has 0 N–H and O–H groups in total. The number of aromatic nitrogens is 1. The van der Waals surface area contributed by atoms with Gasteiger partial charge in [0.25, 0.3) is 0 Å². The van der Waals surface area contributed by atoms with Gasteiger partial charge in [-0.25, -0.2) is 4.98 Å². The normalized spacial score (nSPS) is 29.6. The average Bonchev–Trinajstić information content (AvgIpc) is 3.11. The molecular formula is C19H18ClN3. The first-order valence-electron chi connectivity index (χ1n) is 8.08. The minimum absolute atomic E-state index is 0.0421. The van der Waals surface area contributed by atoms with Crippen molar-refractivity contribution in [3.05, 3.63) is 64.9 Å². The van der Waals surface area contributed by atoms with Crippen LogP contribution in [-0.2, 0) is 6.54 Å². The highest BCUT2D eigenvalue weighted by Crippen LogP contribution is 2.50. The molecule has 2 fully saturated rings. The summed E-state index contributed by atoms with van der Waals surface area (Å²) in [5.41, 5.74) is 2.46. The molecule has 2 aromatic rings. The summed E-state index contributed by atoms with van der Waals surface area (Å²) in [5.74, 6) is 0.285. The van der Waals surface area contributed by atoms with Crippen molar-refractivity contribution in [2.24, 2.45) is 5.92 Å². The lowest BCUT2D eigenvalue weighted by atomic mass is 9.77. The molecule has 0 saturated carbocycles. The van der Waals surface area contributed by atoms with E-state index in [1.807, 2.05) is 24.4 Å². The Labute approximate surface area is 141 Å². The van der Waals surface area contributed by atoms with E-state index in [9.17, 15) is 5.26 Å². The summed E-state index contributed by atoms with van der Waals surface area (Å²) >= 11 is 5.92. The van der Waals surface area contributed by atoms with Gasteiger partial charge in [-0.05, 0) is 30.0 Å². The second-order valence-corrected chi connectivity index (χ2v) is 6.85. The summed E-state index contributed by atoms with van der Waals surface area (Å²) in [6.45, 7) is 0.922. The van der Waals surface area contributed by atoms with Crippen LogP contribution in [0.4, 0.5) is 0 Å². The first-order chi connectivity index (χ1) is 11.3. The van der Waals surface area contributed by atoms with E-state index in [2.05, 4.69) is 40.2 Å². The topological polar surface area (TPSA) is 39.9 Å². The number of pyridine rings is 1. The second kappa shape index (κ2) is 5.96. The lowest BCUT2D eigenvalue weighted by Crippen LogP contribution is -2.29. The van der Waals surface area contributed by atoms with E-state index in [0.29, 0.717) is 17.2 Å². The highest BCUT2D eigenvalue weighted by Gasteiger charge is 2.53. The summed E-state index contributed by atoms with van der Waals surface area (Å²) < 4.78 is 0. The van der Waals surface area contributed by atoms with Gasteiger partial charge in [-0.3, -0.25) is 4.90 Å². The highest BCUT2D eigenvalue weighted by atomic mass is 35.5. The molecule has 3 nitrogen and oxygen atoms in total. The number of halogens is 1. The quantitative estimate of drug-likeness (QED) is 0.801. The smallest absolute Gasteiger partial charge is 0.129 e. The predicted octanol–water partition coefficient (Wildman–Crippen LogP) is 4.01. The molecule has 4 heteroatoms. The van der Waals surface area contributed by atoms with Crippen molar-refractivity contribution in [2.75, 3.05) is 0 Å². The van der Waals surface area contributed by atoms with Crippen LogP contribution in [0.3, 0.4) is 0 Å². The zero-order valence-corrected chi connectivity index (χ0v) is 13.5. The number of rotatable bonds is 3. The van der Waals surface area contributed by atoms with E-state index in [1.165, 1.54) is 5.56 Å². The van der Waals surface area contributed by atoms with Gasteiger partial charge < -0.3 is 0 Å². The van der Waals surface area contributed by atoms with Gasteiger partial charge >= 0.3 is 0 Å². The molecule has 3 heterocycles. The Hall–Kier alpha value is -1.89. The number of fused-ring (bicyclic) bond motifs is 2. The maximum atomic E-state index is 9.74. The van der Waals surface area contributed by atoms with Crippen molar-refractivity contribution >= 4 is 11.6 Å². The Morgan fingerprint density at radius 3 is 2.61 bits per heavy atom. The first kappa shape index (κ1) is 14.7. The average molecular weight is 324 g/mol. The van der Waals surface area contributed by atoms with Gasteiger partial charge in [0.05, 0.1) is 12.0 Å². The van der Waals surface area contributed by atoms with Gasteiger partial charge in [0.1, 0.15) is 5.15 Å². The molecule has 0 aliphatic carbocycles. The Kier molecular flexibility index (Phi) is 3.80. The third-order valence-corrected chi connectivity index (χ3v) is 5.54. The van der Waals surface area contributed by atoms with Crippen LogP contribution in [0.15, 0.2) is 48.7 Å². The lowest BCUT2D eigenvalue weighted by Gasteiger charge is -2.25. The third kappa shape index (κ3) is 2.52. The fourth-order valence-electron chi connectivity index (χ4n) is 4.38. The second-order valence-electron chi connectivity index (χ2n) is 6.46. The van der Waals surface area contributed by atoms with Gasteiger partial charge in [-0.1, -0.05) is 48.0 Å². The summed E-state index contributed by atoms with van der Waals surface area (Å²) in [5, 5.41) is 10.2. The van der Waals surface area contributed by atoms with Gasteiger partial charge in [-0.2, -0.15) is 5.26 Å². The van der Waals surface area contributed by atoms with E-state index < -0.39 is 0 Å². The van der Waals surface area contributed by atoms with Crippen LogP contribution in [0.5, 0.6) is 0 Å². The molecule has 0 unspecified atom stereocenters. The Morgan fingerprint density at radius 1 is 1.13 bits per heavy atom. The van der Waals surface area contributed by atoms with Gasteiger partial charge in [0, 0.05) is 30.7 Å². The summed E-state index contributed by atoms with van der Waals surface area (Å²) in [6, 6.07) is 17.7. The Balaban J connectivity index is 1.64. The summed E-state index contributed by atoms with van der Waals surface area (Å²) in [7, 11) is 0. The van der Waals surface area contributed by atoms with Crippen LogP contribution in [0.2, 0.25) is 5.15 Å². The molecule has 23 heavy (non-hydrogen) atoms. The number of nitrogens with zero attached hydrogens (tertiary/aromatic N) is 3. The minimum Gasteiger partial charge on any atom is -0.291 e. The highest BCUT2D eigenvalue weighted by molar-refractivity contribution is 6.29. The molecule has 2 aliphatic rings. The van der Waals surface area contributed by atoms with Crippen LogP contribution >= 0.6 is 11.6 Å². The van der Waals surface area contributed by atoms with Crippen molar-refractivity contribution in [3.8, 4) is 6.07 Å². The van der Waals surface area contributed by atoms with E-state index in [-0.39, 0.29) is 11.8 Å². The molecule has 0 amide bonds. The molecule has 4 rings (SSSR count). The van der Waals surface area contributed by atoms with Crippen molar-refractivity contribution in [2.45, 2.75) is 37.4 Å². The van der Waals surface area contributed by atoms with E-state index in [0.717, 1.165) is 24.9 Å². The summed E-state index contributed by atoms with van der Waals surface area (Å²) in [6.07, 6.45) is 4.12. The zero-order chi connectivity index (χ0) is 15.8. The number of hydrogen-bond acceptors (Lipinski definition) is 3. The van der Waals surface area contributed by atoms with Crippen LogP contribution < -0.4 is 0 Å². The molecule has 1 aromatic heterocycles. The molecule has 2 bridgehead atoms. The fraction of sp³-hybridized carbons (Fsp3) is 0.368. The predicted molar refractivity (Wildman–Crippen MR) is 89.9 cm³/mol. The largest absolute Gasteiger partial charge is 0.291 e. The molecule has 0 spiro atoms. The first-order valence-corrected chi connectivity index (χ1v) is 8.46. The summed E-state index contributed by atoms with van der Waals surface area (Å²) in [4.78, 5) is 6.75. The maximum absolute atomic E-state index is 9.74. The van der Waals surface area contributed by atoms with Gasteiger partial charge in [0.2, 0.25) is 0 Å². The Morgan fingerprint density at radius 2 is 1.91 bits per heavy atom. The molecule has 2 aliphatic heterocycles. The molecule has 1 aromatic carbocycles. The third-order valence-electron chi connectivity index (χ3n) is 5.32. The molecule has 2 saturated heterocycles. The van der Waals surface area contributed by atoms with E-state index >= 15 is 0 Å². The number of benzene rings is 1. The van der Waals surface area contributed by atoms with Crippen molar-refractivity contribution in [3.63, 3.8) is 0 Å². The Bertz CT molecular complexity index is 723. The number of nitriles is 1. The van der Waals surface area contributed by atoms with E-state index in [4.69, 9.17) is 11.6 Å². The SMILES string of the molecule is N#C[C@@H]1[C@H](c2ccc(Cl)nc2)[C@@H]2CC[C@H]1N2Cc1ccccc1. The van der Waals surface area contributed by atoms with Crippen LogP contribution in [0.1, 0.15) is 29.9 Å². The maximum Gasteiger partial charge on any atom is 0.129 e. The van der Waals surface area contributed by atoms with Crippen LogP contribution in [0, 0.1) is 17.2 Å². The molecule has 116 valence electrons. The fourth-order valence-corrected chi connectivity index (χ4v) is 4.49. The van der Waals surface area contributed by atoms with Gasteiger partial charge in [0.15, 0.2) is 0 Å². The monoisotopic (exact) mass is 323 g/mol. The molecular weight excluding hydrogens is 306 g/mol. The molecule has 4 atom stereocenters. The zero-order valence-electron chi connectivity index (χ0n) is 12.8. The van der Waals surface area contributed by atoms with Gasteiger partial charge in [-0.15, -0.1) is 0 Å².